The number of carbonyl (C=O) groups is 2. The van der Waals surface area contributed by atoms with E-state index in [-0.39, 0.29) is 22.6 Å². The van der Waals surface area contributed by atoms with Crippen LogP contribution in [0.2, 0.25) is 0 Å². The van der Waals surface area contributed by atoms with Crippen molar-refractivity contribution in [2.24, 2.45) is 0 Å². The molecule has 0 aliphatic carbocycles. The SMILES string of the molecule is O=C1Oc2ccc3nc4ccccc4cc3c2OC(=O)c2ccccc21. The first-order chi connectivity index (χ1) is 12.7. The van der Waals surface area contributed by atoms with Gasteiger partial charge in [-0.05, 0) is 36.4 Å². The van der Waals surface area contributed by atoms with Crippen LogP contribution < -0.4 is 9.47 Å². The van der Waals surface area contributed by atoms with Crippen LogP contribution in [0.4, 0.5) is 0 Å². The van der Waals surface area contributed by atoms with Gasteiger partial charge in [-0.15, -0.1) is 0 Å². The molecule has 26 heavy (non-hydrogen) atoms. The minimum atomic E-state index is -0.598. The zero-order valence-corrected chi connectivity index (χ0v) is 13.4. The van der Waals surface area contributed by atoms with E-state index < -0.39 is 11.9 Å². The molecule has 5 nitrogen and oxygen atoms in total. The number of pyridine rings is 1. The Bertz CT molecular complexity index is 1230. The highest BCUT2D eigenvalue weighted by Gasteiger charge is 2.27. The van der Waals surface area contributed by atoms with E-state index in [1.807, 2.05) is 30.3 Å². The first-order valence-electron chi connectivity index (χ1n) is 8.06. The third-order valence-electron chi connectivity index (χ3n) is 4.38. The summed E-state index contributed by atoms with van der Waals surface area (Å²) in [5, 5.41) is 1.51. The van der Waals surface area contributed by atoms with Crippen molar-refractivity contribution < 1.29 is 19.1 Å². The molecule has 124 valence electrons. The molecular formula is C21H11NO4. The van der Waals surface area contributed by atoms with E-state index in [1.165, 1.54) is 0 Å². The number of esters is 2. The predicted octanol–water partition coefficient (Wildman–Crippen LogP) is 4.14. The molecule has 1 aromatic heterocycles. The van der Waals surface area contributed by atoms with Gasteiger partial charge >= 0.3 is 11.9 Å². The van der Waals surface area contributed by atoms with E-state index in [9.17, 15) is 9.59 Å². The van der Waals surface area contributed by atoms with E-state index in [0.717, 1.165) is 10.9 Å². The molecule has 0 spiro atoms. The molecule has 5 rings (SSSR count). The van der Waals surface area contributed by atoms with Gasteiger partial charge in [0.1, 0.15) is 0 Å². The zero-order valence-electron chi connectivity index (χ0n) is 13.4. The number of hydrogen-bond acceptors (Lipinski definition) is 5. The Labute approximate surface area is 147 Å². The average Bonchev–Trinajstić information content (AvgIpc) is 2.67. The maximum absolute atomic E-state index is 12.6. The highest BCUT2D eigenvalue weighted by Crippen LogP contribution is 2.38. The van der Waals surface area contributed by atoms with Crippen LogP contribution in [0.15, 0.2) is 66.7 Å². The number of carbonyl (C=O) groups excluding carboxylic acids is 2. The van der Waals surface area contributed by atoms with Crippen molar-refractivity contribution in [3.05, 3.63) is 77.9 Å². The van der Waals surface area contributed by atoms with Gasteiger partial charge in [-0.3, -0.25) is 0 Å². The Kier molecular flexibility index (Phi) is 3.03. The molecule has 1 aliphatic heterocycles. The fraction of sp³-hybridized carbons (Fsp3) is 0. The van der Waals surface area contributed by atoms with Gasteiger partial charge in [0.05, 0.1) is 22.2 Å². The molecule has 0 N–H and O–H groups in total. The lowest BCUT2D eigenvalue weighted by Gasteiger charge is -2.17. The number of hydrogen-bond donors (Lipinski definition) is 0. The van der Waals surface area contributed by atoms with E-state index in [1.54, 1.807) is 36.4 Å². The summed E-state index contributed by atoms with van der Waals surface area (Å²) in [6, 6.07) is 19.3. The van der Waals surface area contributed by atoms with Crippen LogP contribution in [0.1, 0.15) is 20.7 Å². The number of ether oxygens (including phenoxy) is 2. The zero-order chi connectivity index (χ0) is 17.7. The quantitative estimate of drug-likeness (QED) is 0.273. The minimum Gasteiger partial charge on any atom is -0.419 e. The average molecular weight is 341 g/mol. The summed E-state index contributed by atoms with van der Waals surface area (Å²) < 4.78 is 11.1. The highest BCUT2D eigenvalue weighted by atomic mass is 16.6. The first-order valence-corrected chi connectivity index (χ1v) is 8.06. The van der Waals surface area contributed by atoms with E-state index in [2.05, 4.69) is 4.98 Å². The Balaban J connectivity index is 1.77. The second kappa shape index (κ2) is 5.39. The lowest BCUT2D eigenvalue weighted by Crippen LogP contribution is -2.21. The molecule has 1 aliphatic rings. The maximum Gasteiger partial charge on any atom is 0.344 e. The second-order valence-corrected chi connectivity index (χ2v) is 5.97. The highest BCUT2D eigenvalue weighted by molar-refractivity contribution is 6.08. The van der Waals surface area contributed by atoms with Gasteiger partial charge < -0.3 is 9.47 Å². The van der Waals surface area contributed by atoms with Crippen LogP contribution in [0.5, 0.6) is 11.5 Å². The number of rotatable bonds is 0. The summed E-state index contributed by atoms with van der Waals surface area (Å²) >= 11 is 0. The molecular weight excluding hydrogens is 330 g/mol. The second-order valence-electron chi connectivity index (χ2n) is 5.97. The molecule has 0 saturated heterocycles. The molecule has 5 heteroatoms. The van der Waals surface area contributed by atoms with E-state index >= 15 is 0 Å². The Morgan fingerprint density at radius 2 is 1.38 bits per heavy atom. The van der Waals surface area contributed by atoms with Crippen LogP contribution in [0.25, 0.3) is 21.8 Å². The molecule has 0 bridgehead atoms. The standard InChI is InChI=1S/C21H11NO4/c23-20-13-6-2-3-7-14(13)21(24)26-19-15-11-12-5-1-4-8-16(12)22-17(15)9-10-18(19)25-20/h1-11H. The number of benzene rings is 3. The fourth-order valence-corrected chi connectivity index (χ4v) is 3.13. The van der Waals surface area contributed by atoms with E-state index in [4.69, 9.17) is 9.47 Å². The summed E-state index contributed by atoms with van der Waals surface area (Å²) in [5.74, 6) is -0.790. The molecule has 2 heterocycles. The molecule has 0 atom stereocenters. The van der Waals surface area contributed by atoms with Crippen molar-refractivity contribution >= 4 is 33.7 Å². The van der Waals surface area contributed by atoms with Crippen molar-refractivity contribution in [1.29, 1.82) is 0 Å². The fourth-order valence-electron chi connectivity index (χ4n) is 3.13. The van der Waals surface area contributed by atoms with Crippen molar-refractivity contribution in [2.75, 3.05) is 0 Å². The molecule has 0 fully saturated rings. The molecule has 4 aromatic rings. The van der Waals surface area contributed by atoms with Gasteiger partial charge in [-0.2, -0.15) is 0 Å². The predicted molar refractivity (Wildman–Crippen MR) is 95.6 cm³/mol. The lowest BCUT2D eigenvalue weighted by molar-refractivity contribution is 0.0650. The van der Waals surface area contributed by atoms with Gasteiger partial charge in [-0.1, -0.05) is 30.3 Å². The van der Waals surface area contributed by atoms with Crippen LogP contribution in [-0.2, 0) is 0 Å². The maximum atomic E-state index is 12.6. The number of para-hydroxylation sites is 1. The number of fused-ring (bicyclic) bond motifs is 5. The molecule has 0 amide bonds. The van der Waals surface area contributed by atoms with Gasteiger partial charge in [0.2, 0.25) is 0 Å². The third kappa shape index (κ3) is 2.14. The van der Waals surface area contributed by atoms with Crippen molar-refractivity contribution in [1.82, 2.24) is 4.98 Å². The van der Waals surface area contributed by atoms with Crippen molar-refractivity contribution in [2.45, 2.75) is 0 Å². The Hall–Kier alpha value is -3.73. The summed E-state index contributed by atoms with van der Waals surface area (Å²) in [5.41, 5.74) is 1.84. The summed E-state index contributed by atoms with van der Waals surface area (Å²) in [4.78, 5) is 29.7. The summed E-state index contributed by atoms with van der Waals surface area (Å²) in [7, 11) is 0. The minimum absolute atomic E-state index is 0.175. The van der Waals surface area contributed by atoms with E-state index in [0.29, 0.717) is 10.9 Å². The van der Waals surface area contributed by atoms with Gasteiger partial charge in [0, 0.05) is 10.8 Å². The van der Waals surface area contributed by atoms with Crippen LogP contribution in [-0.4, -0.2) is 16.9 Å². The van der Waals surface area contributed by atoms with Crippen molar-refractivity contribution in [3.63, 3.8) is 0 Å². The van der Waals surface area contributed by atoms with Gasteiger partial charge in [0.15, 0.2) is 11.5 Å². The summed E-state index contributed by atoms with van der Waals surface area (Å²) in [6.07, 6.45) is 0. The van der Waals surface area contributed by atoms with Gasteiger partial charge in [0.25, 0.3) is 0 Å². The topological polar surface area (TPSA) is 65.5 Å². The Morgan fingerprint density at radius 1 is 0.692 bits per heavy atom. The third-order valence-corrected chi connectivity index (χ3v) is 4.38. The molecule has 0 saturated carbocycles. The normalized spacial score (nSPS) is 13.4. The smallest absolute Gasteiger partial charge is 0.344 e. The van der Waals surface area contributed by atoms with Crippen LogP contribution in [0.3, 0.4) is 0 Å². The lowest BCUT2D eigenvalue weighted by atomic mass is 10.1. The first kappa shape index (κ1) is 14.6. The van der Waals surface area contributed by atoms with Crippen LogP contribution in [0, 0.1) is 0 Å². The van der Waals surface area contributed by atoms with Gasteiger partial charge in [-0.25, -0.2) is 14.6 Å². The van der Waals surface area contributed by atoms with Crippen LogP contribution >= 0.6 is 0 Å². The molecule has 0 radical (unpaired) electrons. The Morgan fingerprint density at radius 3 is 2.19 bits per heavy atom. The molecule has 0 unspecified atom stereocenters. The number of aromatic nitrogens is 1. The molecule has 3 aromatic carbocycles. The summed E-state index contributed by atoms with van der Waals surface area (Å²) in [6.45, 7) is 0. The number of nitrogens with zero attached hydrogens (tertiary/aromatic N) is 1. The monoisotopic (exact) mass is 341 g/mol. The van der Waals surface area contributed by atoms with Crippen molar-refractivity contribution in [3.8, 4) is 11.5 Å². The largest absolute Gasteiger partial charge is 0.419 e.